The number of nitrogens with zero attached hydrogens (tertiary/aromatic N) is 4. The van der Waals surface area contributed by atoms with Crippen LogP contribution in [-0.2, 0) is 0 Å². The van der Waals surface area contributed by atoms with Crippen LogP contribution >= 0.6 is 0 Å². The summed E-state index contributed by atoms with van der Waals surface area (Å²) >= 11 is 0. The van der Waals surface area contributed by atoms with Crippen LogP contribution in [0.15, 0.2) is 53.7 Å². The molecule has 0 fully saturated rings. The zero-order valence-electron chi connectivity index (χ0n) is 8.82. The second-order valence-electron chi connectivity index (χ2n) is 3.42. The monoisotopic (exact) mass is 224 g/mol. The molecule has 0 amide bonds. The van der Waals surface area contributed by atoms with E-state index >= 15 is 0 Å². The molecule has 2 aromatic heterocycles. The molecule has 0 saturated carbocycles. The van der Waals surface area contributed by atoms with Gasteiger partial charge in [-0.1, -0.05) is 17.3 Å². The molecule has 0 saturated heterocycles. The van der Waals surface area contributed by atoms with E-state index in [0.717, 1.165) is 16.8 Å². The third-order valence-corrected chi connectivity index (χ3v) is 2.37. The molecule has 0 spiro atoms. The van der Waals surface area contributed by atoms with E-state index in [4.69, 9.17) is 4.52 Å². The number of rotatable bonds is 2. The lowest BCUT2D eigenvalue weighted by Gasteiger charge is -2.00. The van der Waals surface area contributed by atoms with E-state index in [0.29, 0.717) is 5.89 Å². The quantitative estimate of drug-likeness (QED) is 0.667. The van der Waals surface area contributed by atoms with Crippen molar-refractivity contribution in [3.63, 3.8) is 0 Å². The van der Waals surface area contributed by atoms with Gasteiger partial charge in [0.05, 0.1) is 5.69 Å². The van der Waals surface area contributed by atoms with Crippen molar-refractivity contribution < 1.29 is 4.52 Å². The van der Waals surface area contributed by atoms with Crippen LogP contribution in [0, 0.1) is 0 Å². The summed E-state index contributed by atoms with van der Waals surface area (Å²) in [7, 11) is 0. The Hall–Kier alpha value is -2.56. The second kappa shape index (κ2) is 4.13. The number of hydrogen-bond acceptors (Lipinski definition) is 5. The fourth-order valence-electron chi connectivity index (χ4n) is 1.55. The molecule has 3 aromatic rings. The Morgan fingerprint density at radius 2 is 1.65 bits per heavy atom. The molecule has 0 unspecified atom stereocenters. The summed E-state index contributed by atoms with van der Waals surface area (Å²) in [5.41, 5.74) is 2.80. The van der Waals surface area contributed by atoms with Crippen LogP contribution < -0.4 is 0 Å². The van der Waals surface area contributed by atoms with Crippen LogP contribution in [0.25, 0.3) is 22.7 Å². The summed E-state index contributed by atoms with van der Waals surface area (Å²) in [6.45, 7) is 0. The number of benzene rings is 1. The summed E-state index contributed by atoms with van der Waals surface area (Å²) in [5, 5.41) is 3.57. The first-order valence-electron chi connectivity index (χ1n) is 5.07. The average Bonchev–Trinajstić information content (AvgIpc) is 2.94. The molecule has 0 bridgehead atoms. The van der Waals surface area contributed by atoms with Gasteiger partial charge in [0.2, 0.25) is 0 Å². The van der Waals surface area contributed by atoms with Gasteiger partial charge in [-0.3, -0.25) is 0 Å². The fourth-order valence-corrected chi connectivity index (χ4v) is 1.55. The van der Waals surface area contributed by atoms with E-state index < -0.39 is 0 Å². The average molecular weight is 224 g/mol. The van der Waals surface area contributed by atoms with Crippen LogP contribution in [0.1, 0.15) is 0 Å². The molecule has 0 aliphatic rings. The summed E-state index contributed by atoms with van der Waals surface area (Å²) in [6, 6.07) is 9.63. The standard InChI is InChI=1S/C12H8N4O/c1-3-10(12-15-8-16-17-12)4-2-9(1)11-5-6-13-7-14-11/h1-8H. The molecule has 2 heterocycles. The molecule has 17 heavy (non-hydrogen) atoms. The van der Waals surface area contributed by atoms with Crippen LogP contribution in [0.2, 0.25) is 0 Å². The molecule has 0 aliphatic heterocycles. The first kappa shape index (κ1) is 9.65. The van der Waals surface area contributed by atoms with Crippen molar-refractivity contribution >= 4 is 0 Å². The highest BCUT2D eigenvalue weighted by Crippen LogP contribution is 2.21. The second-order valence-corrected chi connectivity index (χ2v) is 3.42. The predicted molar refractivity (Wildman–Crippen MR) is 60.8 cm³/mol. The molecule has 5 heteroatoms. The van der Waals surface area contributed by atoms with Gasteiger partial charge >= 0.3 is 0 Å². The maximum absolute atomic E-state index is 4.98. The number of hydrogen-bond donors (Lipinski definition) is 0. The van der Waals surface area contributed by atoms with Crippen LogP contribution in [0.4, 0.5) is 0 Å². The van der Waals surface area contributed by atoms with E-state index in [1.807, 2.05) is 30.3 Å². The molecular formula is C12H8N4O. The van der Waals surface area contributed by atoms with Gasteiger partial charge in [0.15, 0.2) is 6.33 Å². The van der Waals surface area contributed by atoms with Gasteiger partial charge in [-0.2, -0.15) is 4.98 Å². The normalized spacial score (nSPS) is 10.4. The fraction of sp³-hybridized carbons (Fsp3) is 0. The lowest BCUT2D eigenvalue weighted by atomic mass is 10.1. The van der Waals surface area contributed by atoms with Crippen molar-refractivity contribution in [2.45, 2.75) is 0 Å². The first-order chi connectivity index (χ1) is 8.43. The van der Waals surface area contributed by atoms with Crippen molar-refractivity contribution in [1.29, 1.82) is 0 Å². The van der Waals surface area contributed by atoms with Gasteiger partial charge in [-0.05, 0) is 18.2 Å². The molecule has 3 rings (SSSR count). The molecule has 5 nitrogen and oxygen atoms in total. The van der Waals surface area contributed by atoms with Gasteiger partial charge in [0, 0.05) is 17.3 Å². The van der Waals surface area contributed by atoms with Gasteiger partial charge in [-0.25, -0.2) is 9.97 Å². The minimum Gasteiger partial charge on any atom is -0.334 e. The summed E-state index contributed by atoms with van der Waals surface area (Å²) < 4.78 is 4.98. The van der Waals surface area contributed by atoms with Crippen molar-refractivity contribution in [3.8, 4) is 22.7 Å². The molecule has 0 atom stereocenters. The molecule has 82 valence electrons. The van der Waals surface area contributed by atoms with Crippen LogP contribution in [0.5, 0.6) is 0 Å². The van der Waals surface area contributed by atoms with E-state index in [1.54, 1.807) is 6.20 Å². The highest BCUT2D eigenvalue weighted by atomic mass is 16.5. The Morgan fingerprint density at radius 3 is 2.29 bits per heavy atom. The minimum atomic E-state index is 0.513. The van der Waals surface area contributed by atoms with Crippen LogP contribution in [-0.4, -0.2) is 20.1 Å². The zero-order valence-corrected chi connectivity index (χ0v) is 8.82. The Balaban J connectivity index is 1.96. The summed E-state index contributed by atoms with van der Waals surface area (Å²) in [5.74, 6) is 0.513. The molecule has 1 aromatic carbocycles. The first-order valence-corrected chi connectivity index (χ1v) is 5.07. The smallest absolute Gasteiger partial charge is 0.257 e. The van der Waals surface area contributed by atoms with Crippen molar-refractivity contribution in [2.24, 2.45) is 0 Å². The van der Waals surface area contributed by atoms with Crippen molar-refractivity contribution in [3.05, 3.63) is 49.2 Å². The Labute approximate surface area is 97.2 Å². The summed E-state index contributed by atoms with van der Waals surface area (Å²) in [6.07, 6.45) is 4.63. The van der Waals surface area contributed by atoms with Gasteiger partial charge in [0.1, 0.15) is 6.33 Å². The summed E-state index contributed by atoms with van der Waals surface area (Å²) in [4.78, 5) is 12.0. The number of aromatic nitrogens is 4. The van der Waals surface area contributed by atoms with E-state index in [1.165, 1.54) is 12.7 Å². The third-order valence-electron chi connectivity index (χ3n) is 2.37. The SMILES string of the molecule is c1cc(-c2ccc(-c3ncno3)cc2)ncn1. The molecule has 0 radical (unpaired) electrons. The third kappa shape index (κ3) is 1.90. The van der Waals surface area contributed by atoms with E-state index in [2.05, 4.69) is 20.1 Å². The van der Waals surface area contributed by atoms with Gasteiger partial charge in [-0.15, -0.1) is 0 Å². The molecule has 0 aliphatic carbocycles. The maximum atomic E-state index is 4.98. The Morgan fingerprint density at radius 1 is 0.824 bits per heavy atom. The van der Waals surface area contributed by atoms with Gasteiger partial charge < -0.3 is 4.52 Å². The lowest BCUT2D eigenvalue weighted by molar-refractivity contribution is 0.430. The molecular weight excluding hydrogens is 216 g/mol. The minimum absolute atomic E-state index is 0.513. The zero-order chi connectivity index (χ0) is 11.5. The topological polar surface area (TPSA) is 64.7 Å². The predicted octanol–water partition coefficient (Wildman–Crippen LogP) is 2.19. The lowest BCUT2D eigenvalue weighted by Crippen LogP contribution is -1.84. The van der Waals surface area contributed by atoms with Crippen LogP contribution in [0.3, 0.4) is 0 Å². The van der Waals surface area contributed by atoms with E-state index in [9.17, 15) is 0 Å². The maximum Gasteiger partial charge on any atom is 0.257 e. The Bertz CT molecular complexity index is 590. The van der Waals surface area contributed by atoms with Gasteiger partial charge in [0.25, 0.3) is 5.89 Å². The highest BCUT2D eigenvalue weighted by molar-refractivity contribution is 5.63. The highest BCUT2D eigenvalue weighted by Gasteiger charge is 2.04. The molecule has 0 N–H and O–H groups in total. The van der Waals surface area contributed by atoms with E-state index in [-0.39, 0.29) is 0 Å². The van der Waals surface area contributed by atoms with Crippen molar-refractivity contribution in [1.82, 2.24) is 20.1 Å². The Kier molecular flexibility index (Phi) is 2.34. The largest absolute Gasteiger partial charge is 0.334 e. The van der Waals surface area contributed by atoms with Crippen molar-refractivity contribution in [2.75, 3.05) is 0 Å².